The molecule has 13 nitrogen and oxygen atoms in total. The Kier molecular flexibility index (Phi) is 16.3. The number of carbonyl (C=O) groups is 4. The van der Waals surface area contributed by atoms with E-state index >= 15 is 0 Å². The monoisotopic (exact) mass is 684 g/mol. The Bertz CT molecular complexity index is 1330. The van der Waals surface area contributed by atoms with E-state index < -0.39 is 53.6 Å². The summed E-state index contributed by atoms with van der Waals surface area (Å²) in [6, 6.07) is 14.6. The number of nitrogens with one attached hydrogen (secondary N) is 4. The van der Waals surface area contributed by atoms with E-state index in [2.05, 4.69) is 40.1 Å². The lowest BCUT2D eigenvalue weighted by atomic mass is 9.85. The summed E-state index contributed by atoms with van der Waals surface area (Å²) in [5.74, 6) is -1.27. The van der Waals surface area contributed by atoms with Gasteiger partial charge in [-0.25, -0.2) is 14.6 Å². The smallest absolute Gasteiger partial charge is 0.407 e. The molecule has 0 aliphatic carbocycles. The number of benzene rings is 2. The highest BCUT2D eigenvalue weighted by Crippen LogP contribution is 2.21. The molecule has 0 saturated carbocycles. The summed E-state index contributed by atoms with van der Waals surface area (Å²) in [4.78, 5) is 53.7. The van der Waals surface area contributed by atoms with E-state index in [0.29, 0.717) is 0 Å². The van der Waals surface area contributed by atoms with Crippen molar-refractivity contribution < 1.29 is 33.8 Å². The Morgan fingerprint density at radius 2 is 1.37 bits per heavy atom. The number of aliphatic hydroxyl groups is 1. The van der Waals surface area contributed by atoms with Gasteiger partial charge in [0, 0.05) is 31.9 Å². The Morgan fingerprint density at radius 3 is 1.88 bits per heavy atom. The normalized spacial score (nSPS) is 13.9. The highest BCUT2D eigenvalue weighted by molar-refractivity contribution is 5.87. The third-order valence-electron chi connectivity index (χ3n) is 8.19. The van der Waals surface area contributed by atoms with Crippen molar-refractivity contribution in [2.24, 2.45) is 11.3 Å². The van der Waals surface area contributed by atoms with Crippen LogP contribution in [0.4, 0.5) is 15.3 Å². The molecule has 2 aromatic carbocycles. The first-order valence-corrected chi connectivity index (χ1v) is 16.7. The SMILES string of the molecule is CCN(CC)c1ccc(CN(C[C@H](O)[C@H](Cc2ccccc2)NC(=O)[C@@H](NC(=O)OC)C(C)(C)C)NC(=O)[C@@H](NC(=O)OC)C(C)C)cc1. The summed E-state index contributed by atoms with van der Waals surface area (Å²) in [6.45, 7) is 15.0. The molecule has 0 fully saturated rings. The van der Waals surface area contributed by atoms with Crippen molar-refractivity contribution in [2.45, 2.75) is 85.7 Å². The lowest BCUT2D eigenvalue weighted by Crippen LogP contribution is -2.60. The van der Waals surface area contributed by atoms with Gasteiger partial charge in [-0.2, -0.15) is 0 Å². The molecule has 272 valence electrons. The number of hydrogen-bond acceptors (Lipinski definition) is 9. The third kappa shape index (κ3) is 13.2. The van der Waals surface area contributed by atoms with Crippen LogP contribution in [-0.4, -0.2) is 92.2 Å². The summed E-state index contributed by atoms with van der Waals surface area (Å²) in [5.41, 5.74) is 4.99. The first-order valence-electron chi connectivity index (χ1n) is 16.7. The molecule has 5 N–H and O–H groups in total. The zero-order chi connectivity index (χ0) is 36.7. The molecule has 49 heavy (non-hydrogen) atoms. The predicted molar refractivity (Wildman–Crippen MR) is 190 cm³/mol. The molecule has 13 heteroatoms. The second-order valence-electron chi connectivity index (χ2n) is 13.4. The number of amides is 4. The molecule has 0 unspecified atom stereocenters. The fourth-order valence-corrected chi connectivity index (χ4v) is 5.34. The van der Waals surface area contributed by atoms with E-state index in [4.69, 9.17) is 9.47 Å². The molecule has 4 amide bonds. The zero-order valence-electron chi connectivity index (χ0n) is 30.4. The third-order valence-corrected chi connectivity index (χ3v) is 8.19. The van der Waals surface area contributed by atoms with E-state index in [1.165, 1.54) is 14.2 Å². The summed E-state index contributed by atoms with van der Waals surface area (Å²) in [5, 5.41) is 21.5. The van der Waals surface area contributed by atoms with Crippen LogP contribution in [-0.2, 0) is 32.0 Å². The minimum atomic E-state index is -1.19. The minimum Gasteiger partial charge on any atom is -0.453 e. The maximum Gasteiger partial charge on any atom is 0.407 e. The first-order chi connectivity index (χ1) is 23.1. The lowest BCUT2D eigenvalue weighted by molar-refractivity contribution is -0.131. The van der Waals surface area contributed by atoms with E-state index in [1.54, 1.807) is 18.9 Å². The molecule has 0 bridgehead atoms. The molecule has 2 aromatic rings. The quantitative estimate of drug-likeness (QED) is 0.157. The molecule has 0 aromatic heterocycles. The van der Waals surface area contributed by atoms with Crippen LogP contribution in [0.3, 0.4) is 0 Å². The molecule has 0 heterocycles. The van der Waals surface area contributed by atoms with Crippen molar-refractivity contribution in [1.29, 1.82) is 0 Å². The van der Waals surface area contributed by atoms with Crippen molar-refractivity contribution in [1.82, 2.24) is 26.4 Å². The molecule has 0 saturated heterocycles. The number of anilines is 1. The number of rotatable bonds is 17. The Labute approximate surface area is 291 Å². The molecule has 0 aliphatic heterocycles. The topological polar surface area (TPSA) is 162 Å². The molecular formula is C36H56N6O7. The largest absolute Gasteiger partial charge is 0.453 e. The molecule has 0 radical (unpaired) electrons. The predicted octanol–water partition coefficient (Wildman–Crippen LogP) is 3.61. The average Bonchev–Trinajstić information content (AvgIpc) is 3.06. The Balaban J connectivity index is 2.45. The molecule has 0 aliphatic rings. The van der Waals surface area contributed by atoms with E-state index in [-0.39, 0.29) is 25.4 Å². The molecular weight excluding hydrogens is 628 g/mol. The van der Waals surface area contributed by atoms with Crippen molar-refractivity contribution in [3.05, 3.63) is 65.7 Å². The van der Waals surface area contributed by atoms with Crippen LogP contribution >= 0.6 is 0 Å². The summed E-state index contributed by atoms with van der Waals surface area (Å²) in [7, 11) is 2.45. The van der Waals surface area contributed by atoms with Crippen molar-refractivity contribution in [3.8, 4) is 0 Å². The number of methoxy groups -OCH3 is 2. The van der Waals surface area contributed by atoms with Crippen molar-refractivity contribution in [2.75, 3.05) is 38.8 Å². The van der Waals surface area contributed by atoms with Crippen LogP contribution in [0.5, 0.6) is 0 Å². The number of nitrogens with zero attached hydrogens (tertiary/aromatic N) is 2. The number of alkyl carbamates (subject to hydrolysis) is 2. The van der Waals surface area contributed by atoms with Gasteiger partial charge in [0.1, 0.15) is 12.1 Å². The number of hydrazine groups is 1. The second kappa shape index (κ2) is 19.6. The zero-order valence-corrected chi connectivity index (χ0v) is 30.4. The average molecular weight is 685 g/mol. The molecule has 0 spiro atoms. The summed E-state index contributed by atoms with van der Waals surface area (Å²) < 4.78 is 9.49. The fourth-order valence-electron chi connectivity index (χ4n) is 5.34. The van der Waals surface area contributed by atoms with Crippen LogP contribution in [0, 0.1) is 11.3 Å². The lowest BCUT2D eigenvalue weighted by Gasteiger charge is -2.34. The van der Waals surface area contributed by atoms with E-state index in [0.717, 1.165) is 29.9 Å². The van der Waals surface area contributed by atoms with Gasteiger partial charge in [-0.15, -0.1) is 0 Å². The van der Waals surface area contributed by atoms with E-state index in [1.807, 2.05) is 75.4 Å². The highest BCUT2D eigenvalue weighted by Gasteiger charge is 2.36. The van der Waals surface area contributed by atoms with Crippen LogP contribution in [0.1, 0.15) is 59.6 Å². The maximum absolute atomic E-state index is 13.7. The first kappa shape index (κ1) is 40.8. The van der Waals surface area contributed by atoms with Gasteiger partial charge in [0.05, 0.1) is 26.4 Å². The number of carbonyl (C=O) groups excluding carboxylic acids is 4. The fraction of sp³-hybridized carbons (Fsp3) is 0.556. The molecule has 4 atom stereocenters. The number of aliphatic hydroxyl groups excluding tert-OH is 1. The van der Waals surface area contributed by atoms with E-state index in [9.17, 15) is 24.3 Å². The Morgan fingerprint density at radius 1 is 0.796 bits per heavy atom. The van der Waals surface area contributed by atoms with Crippen LogP contribution < -0.4 is 26.3 Å². The maximum atomic E-state index is 13.7. The van der Waals surface area contributed by atoms with Gasteiger partial charge in [0.25, 0.3) is 5.91 Å². The van der Waals surface area contributed by atoms with Gasteiger partial charge in [0.2, 0.25) is 5.91 Å². The van der Waals surface area contributed by atoms with Crippen molar-refractivity contribution in [3.63, 3.8) is 0 Å². The van der Waals surface area contributed by atoms with Crippen LogP contribution in [0.2, 0.25) is 0 Å². The van der Waals surface area contributed by atoms with Gasteiger partial charge in [-0.05, 0) is 54.9 Å². The second-order valence-corrected chi connectivity index (χ2v) is 13.4. The summed E-state index contributed by atoms with van der Waals surface area (Å²) >= 11 is 0. The highest BCUT2D eigenvalue weighted by atomic mass is 16.5. The minimum absolute atomic E-state index is 0.0883. The van der Waals surface area contributed by atoms with Gasteiger partial charge >= 0.3 is 12.2 Å². The Hall–Kier alpha value is -4.36. The number of hydrogen-bond donors (Lipinski definition) is 5. The van der Waals surface area contributed by atoms with Crippen LogP contribution in [0.15, 0.2) is 54.6 Å². The van der Waals surface area contributed by atoms with Crippen molar-refractivity contribution >= 4 is 29.7 Å². The van der Waals surface area contributed by atoms with Gasteiger partial charge < -0.3 is 35.4 Å². The van der Waals surface area contributed by atoms with Gasteiger partial charge in [-0.3, -0.25) is 15.0 Å². The van der Waals surface area contributed by atoms with Gasteiger partial charge in [0.15, 0.2) is 0 Å². The molecule has 2 rings (SSSR count). The van der Waals surface area contributed by atoms with Gasteiger partial charge in [-0.1, -0.05) is 77.1 Å². The summed E-state index contributed by atoms with van der Waals surface area (Å²) in [6.07, 6.45) is -2.42. The standard InChI is InChI=1S/C36H56N6O7/c1-10-41(11-2)27-19-17-26(18-20-27)22-42(40-32(44)30(24(3)4)38-34(46)48-8)23-29(43)28(21-25-15-13-12-14-16-25)37-33(45)31(36(5,6)7)39-35(47)49-9/h12-20,24,28-31,43H,10-11,21-23H2,1-9H3,(H,37,45)(H,38,46)(H,39,47)(H,40,44)/t28-,29-,30-,31+/m0/s1. The number of ether oxygens (including phenoxy) is 2. The van der Waals surface area contributed by atoms with Crippen LogP contribution in [0.25, 0.3) is 0 Å².